The maximum Gasteiger partial charge on any atom is 0.289 e. The van der Waals surface area contributed by atoms with Crippen LogP contribution in [0.25, 0.3) is 0 Å². The quantitative estimate of drug-likeness (QED) is 0.675. The molecule has 0 saturated heterocycles. The first-order chi connectivity index (χ1) is 9.11. The maximum atomic E-state index is 10.8. The molecule has 2 aromatic rings. The normalized spacial score (nSPS) is 10.4. The van der Waals surface area contributed by atoms with Gasteiger partial charge in [-0.25, -0.2) is 0 Å². The second-order valence-corrected chi connectivity index (χ2v) is 4.32. The molecule has 0 amide bonds. The molecule has 0 fully saturated rings. The van der Waals surface area contributed by atoms with E-state index in [1.54, 1.807) is 12.3 Å². The van der Waals surface area contributed by atoms with Gasteiger partial charge in [-0.1, -0.05) is 11.6 Å². The predicted octanol–water partition coefficient (Wildman–Crippen LogP) is 3.08. The number of anilines is 1. The molecule has 1 aromatic heterocycles. The minimum atomic E-state index is -0.496. The van der Waals surface area contributed by atoms with E-state index >= 15 is 0 Å². The summed E-state index contributed by atoms with van der Waals surface area (Å²) in [4.78, 5) is 10.3. The molecular weight excluding hydrogens is 268 g/mol. The second-order valence-electron chi connectivity index (χ2n) is 3.92. The van der Waals surface area contributed by atoms with Crippen LogP contribution in [0.1, 0.15) is 12.6 Å². The molecule has 7 heteroatoms. The number of aryl methyl sites for hydroxylation is 1. The standard InChI is InChI=1S/C12H13ClN4O2/c1-2-16-10(5-6-15-16)8-14-9-3-4-11(13)12(7-9)17(18)19/h3-7,14H,2,8H2,1H3. The van der Waals surface area contributed by atoms with Crippen LogP contribution in [0.3, 0.4) is 0 Å². The minimum Gasteiger partial charge on any atom is -0.379 e. The fourth-order valence-electron chi connectivity index (χ4n) is 1.75. The summed E-state index contributed by atoms with van der Waals surface area (Å²) in [6, 6.07) is 6.55. The fraction of sp³-hybridized carbons (Fsp3) is 0.250. The van der Waals surface area contributed by atoms with Crippen molar-refractivity contribution in [1.82, 2.24) is 9.78 Å². The summed E-state index contributed by atoms with van der Waals surface area (Å²) in [7, 11) is 0. The number of nitrogens with zero attached hydrogens (tertiary/aromatic N) is 3. The van der Waals surface area contributed by atoms with Gasteiger partial charge in [0.05, 0.1) is 17.2 Å². The van der Waals surface area contributed by atoms with Crippen molar-refractivity contribution in [3.63, 3.8) is 0 Å². The van der Waals surface area contributed by atoms with E-state index in [-0.39, 0.29) is 10.7 Å². The van der Waals surface area contributed by atoms with Gasteiger partial charge in [0.15, 0.2) is 0 Å². The highest BCUT2D eigenvalue weighted by Gasteiger charge is 2.12. The third-order valence-corrected chi connectivity index (χ3v) is 3.04. The zero-order valence-corrected chi connectivity index (χ0v) is 11.1. The van der Waals surface area contributed by atoms with Gasteiger partial charge in [0.2, 0.25) is 0 Å². The number of rotatable bonds is 5. The Morgan fingerprint density at radius 3 is 2.95 bits per heavy atom. The Bertz CT molecular complexity index is 597. The van der Waals surface area contributed by atoms with Crippen LogP contribution in [0.4, 0.5) is 11.4 Å². The number of nitrogens with one attached hydrogen (secondary N) is 1. The van der Waals surface area contributed by atoms with Gasteiger partial charge in [0.25, 0.3) is 5.69 Å². The number of benzene rings is 1. The average molecular weight is 281 g/mol. The van der Waals surface area contributed by atoms with Crippen LogP contribution in [0.5, 0.6) is 0 Å². The Morgan fingerprint density at radius 2 is 2.26 bits per heavy atom. The highest BCUT2D eigenvalue weighted by Crippen LogP contribution is 2.27. The lowest BCUT2D eigenvalue weighted by Gasteiger charge is -2.08. The van der Waals surface area contributed by atoms with Gasteiger partial charge in [-0.3, -0.25) is 14.8 Å². The molecule has 2 rings (SSSR count). The van der Waals surface area contributed by atoms with Crippen molar-refractivity contribution in [2.45, 2.75) is 20.0 Å². The molecule has 1 aromatic carbocycles. The molecule has 100 valence electrons. The molecule has 0 bridgehead atoms. The zero-order valence-electron chi connectivity index (χ0n) is 10.3. The summed E-state index contributed by atoms with van der Waals surface area (Å²) in [5.41, 5.74) is 1.57. The van der Waals surface area contributed by atoms with Gasteiger partial charge < -0.3 is 5.32 Å². The van der Waals surface area contributed by atoms with Crippen LogP contribution in [0, 0.1) is 10.1 Å². The fourth-order valence-corrected chi connectivity index (χ4v) is 1.94. The Labute approximate surface area is 115 Å². The van der Waals surface area contributed by atoms with E-state index in [2.05, 4.69) is 10.4 Å². The number of hydrogen-bond donors (Lipinski definition) is 1. The van der Waals surface area contributed by atoms with Crippen molar-refractivity contribution < 1.29 is 4.92 Å². The third kappa shape index (κ3) is 3.03. The first kappa shape index (κ1) is 13.4. The molecule has 1 N–H and O–H groups in total. The van der Waals surface area contributed by atoms with Crippen LogP contribution >= 0.6 is 11.6 Å². The van der Waals surface area contributed by atoms with Crippen LogP contribution in [-0.2, 0) is 13.1 Å². The summed E-state index contributed by atoms with van der Waals surface area (Å²) in [6.45, 7) is 3.33. The molecule has 0 spiro atoms. The molecule has 6 nitrogen and oxygen atoms in total. The Morgan fingerprint density at radius 1 is 1.47 bits per heavy atom. The van der Waals surface area contributed by atoms with Crippen molar-refractivity contribution in [3.8, 4) is 0 Å². The van der Waals surface area contributed by atoms with E-state index in [1.807, 2.05) is 17.7 Å². The van der Waals surface area contributed by atoms with Crippen LogP contribution in [0.15, 0.2) is 30.5 Å². The van der Waals surface area contributed by atoms with Gasteiger partial charge in [-0.2, -0.15) is 5.10 Å². The molecule has 0 aliphatic rings. The van der Waals surface area contributed by atoms with Crippen molar-refractivity contribution in [2.24, 2.45) is 0 Å². The van der Waals surface area contributed by atoms with E-state index < -0.39 is 4.92 Å². The molecule has 0 saturated carbocycles. The Balaban J connectivity index is 2.12. The van der Waals surface area contributed by atoms with Crippen LogP contribution in [-0.4, -0.2) is 14.7 Å². The first-order valence-electron chi connectivity index (χ1n) is 5.80. The lowest BCUT2D eigenvalue weighted by molar-refractivity contribution is -0.384. The average Bonchev–Trinajstić information content (AvgIpc) is 2.84. The second kappa shape index (κ2) is 5.71. The largest absolute Gasteiger partial charge is 0.379 e. The maximum absolute atomic E-state index is 10.8. The smallest absolute Gasteiger partial charge is 0.289 e. The number of aromatic nitrogens is 2. The van der Waals surface area contributed by atoms with Gasteiger partial charge in [-0.15, -0.1) is 0 Å². The van der Waals surface area contributed by atoms with Gasteiger partial charge in [0.1, 0.15) is 5.02 Å². The highest BCUT2D eigenvalue weighted by atomic mass is 35.5. The van der Waals surface area contributed by atoms with E-state index in [1.165, 1.54) is 12.1 Å². The summed E-state index contributed by atoms with van der Waals surface area (Å²) in [5, 5.41) is 18.2. The van der Waals surface area contributed by atoms with E-state index in [4.69, 9.17) is 11.6 Å². The SMILES string of the molecule is CCn1nccc1CNc1ccc(Cl)c([N+](=O)[O-])c1. The lowest BCUT2D eigenvalue weighted by Crippen LogP contribution is -2.07. The first-order valence-corrected chi connectivity index (χ1v) is 6.18. The van der Waals surface area contributed by atoms with Gasteiger partial charge >= 0.3 is 0 Å². The predicted molar refractivity (Wildman–Crippen MR) is 73.3 cm³/mol. The highest BCUT2D eigenvalue weighted by molar-refractivity contribution is 6.32. The number of hydrogen-bond acceptors (Lipinski definition) is 4. The van der Waals surface area contributed by atoms with Crippen LogP contribution in [0.2, 0.25) is 5.02 Å². The topological polar surface area (TPSA) is 73.0 Å². The van der Waals surface area contributed by atoms with Crippen molar-refractivity contribution in [1.29, 1.82) is 0 Å². The summed E-state index contributed by atoms with van der Waals surface area (Å²) in [5.74, 6) is 0. The molecule has 0 unspecified atom stereocenters. The molecule has 0 radical (unpaired) electrons. The number of nitro groups is 1. The summed E-state index contributed by atoms with van der Waals surface area (Å²) in [6.07, 6.45) is 1.73. The summed E-state index contributed by atoms with van der Waals surface area (Å²) < 4.78 is 1.86. The molecule has 0 aliphatic heterocycles. The number of halogens is 1. The van der Waals surface area contributed by atoms with Crippen molar-refractivity contribution in [3.05, 3.63) is 51.3 Å². The molecule has 1 heterocycles. The number of nitro benzene ring substituents is 1. The lowest BCUT2D eigenvalue weighted by atomic mass is 10.2. The van der Waals surface area contributed by atoms with E-state index in [0.29, 0.717) is 12.2 Å². The van der Waals surface area contributed by atoms with Gasteiger partial charge in [0, 0.05) is 24.5 Å². The molecule has 0 atom stereocenters. The minimum absolute atomic E-state index is 0.101. The van der Waals surface area contributed by atoms with Gasteiger partial charge in [-0.05, 0) is 25.1 Å². The molecule has 19 heavy (non-hydrogen) atoms. The third-order valence-electron chi connectivity index (χ3n) is 2.72. The van der Waals surface area contributed by atoms with E-state index in [9.17, 15) is 10.1 Å². The monoisotopic (exact) mass is 280 g/mol. The molecular formula is C12H13ClN4O2. The Hall–Kier alpha value is -2.08. The zero-order chi connectivity index (χ0) is 13.8. The van der Waals surface area contributed by atoms with E-state index in [0.717, 1.165) is 12.2 Å². The van der Waals surface area contributed by atoms with Crippen molar-refractivity contribution >= 4 is 23.0 Å². The Kier molecular flexibility index (Phi) is 4.01. The summed E-state index contributed by atoms with van der Waals surface area (Å²) >= 11 is 5.76. The molecule has 0 aliphatic carbocycles. The van der Waals surface area contributed by atoms with Crippen LogP contribution < -0.4 is 5.32 Å². The van der Waals surface area contributed by atoms with Crippen molar-refractivity contribution in [2.75, 3.05) is 5.32 Å².